The Morgan fingerprint density at radius 3 is 2.64 bits per heavy atom. The summed E-state index contributed by atoms with van der Waals surface area (Å²) >= 11 is 0. The molecule has 14 heavy (non-hydrogen) atoms. The molecule has 0 unspecified atom stereocenters. The zero-order chi connectivity index (χ0) is 10.1. The van der Waals surface area contributed by atoms with Gasteiger partial charge in [0.15, 0.2) is 0 Å². The van der Waals surface area contributed by atoms with Crippen LogP contribution in [0.25, 0.3) is 0 Å². The molecule has 2 nitrogen and oxygen atoms in total. The number of rotatable bonds is 3. The molecule has 1 aromatic carbocycles. The van der Waals surface area contributed by atoms with Gasteiger partial charge in [0.05, 0.1) is 5.56 Å². The molecule has 2 rings (SSSR count). The smallest absolute Gasteiger partial charge is 0.335 e. The van der Waals surface area contributed by atoms with Crippen LogP contribution < -0.4 is 0 Å². The van der Waals surface area contributed by atoms with Crippen molar-refractivity contribution in [1.82, 2.24) is 0 Å². The van der Waals surface area contributed by atoms with Gasteiger partial charge in [-0.3, -0.25) is 0 Å². The first-order valence-electron chi connectivity index (χ1n) is 5.02. The molecular weight excluding hydrogens is 176 g/mol. The highest BCUT2D eigenvalue weighted by atomic mass is 16.4. The van der Waals surface area contributed by atoms with Gasteiger partial charge < -0.3 is 5.11 Å². The van der Waals surface area contributed by atoms with E-state index in [0.717, 1.165) is 5.56 Å². The zero-order valence-corrected chi connectivity index (χ0v) is 8.23. The third-order valence-corrected chi connectivity index (χ3v) is 3.01. The second kappa shape index (κ2) is 3.45. The summed E-state index contributed by atoms with van der Waals surface area (Å²) in [4.78, 5) is 11.0. The van der Waals surface area contributed by atoms with E-state index in [1.165, 1.54) is 12.8 Å². The van der Waals surface area contributed by atoms with Gasteiger partial charge in [0.1, 0.15) is 0 Å². The van der Waals surface area contributed by atoms with Crippen LogP contribution >= 0.6 is 0 Å². The van der Waals surface area contributed by atoms with Gasteiger partial charge in [0, 0.05) is 0 Å². The summed E-state index contributed by atoms with van der Waals surface area (Å²) in [5, 5.41) is 9.02. The van der Waals surface area contributed by atoms with Crippen LogP contribution in [0.15, 0.2) is 24.3 Å². The molecule has 0 saturated heterocycles. The molecule has 0 heterocycles. The Hall–Kier alpha value is -1.31. The van der Waals surface area contributed by atoms with Crippen LogP contribution in [-0.2, 0) is 0 Å². The molecule has 0 radical (unpaired) electrons. The van der Waals surface area contributed by atoms with Crippen LogP contribution in [0, 0.1) is 5.92 Å². The number of hydrogen-bond acceptors (Lipinski definition) is 1. The van der Waals surface area contributed by atoms with E-state index in [2.05, 4.69) is 6.92 Å². The van der Waals surface area contributed by atoms with Crippen molar-refractivity contribution in [3.05, 3.63) is 35.4 Å². The lowest BCUT2D eigenvalue weighted by molar-refractivity contribution is 0.0695. The van der Waals surface area contributed by atoms with Crippen molar-refractivity contribution in [3.63, 3.8) is 0 Å². The van der Waals surface area contributed by atoms with Crippen LogP contribution in [0.4, 0.5) is 0 Å². The second-order valence-corrected chi connectivity index (χ2v) is 4.02. The van der Waals surface area contributed by atoms with Crippen molar-refractivity contribution >= 4 is 5.97 Å². The topological polar surface area (TPSA) is 37.3 Å². The average Bonchev–Trinajstić information content (AvgIpc) is 3.00. The van der Waals surface area contributed by atoms with E-state index < -0.39 is 5.97 Å². The molecule has 0 aliphatic heterocycles. The molecule has 0 aromatic heterocycles. The van der Waals surface area contributed by atoms with Crippen LogP contribution in [0.3, 0.4) is 0 Å². The van der Waals surface area contributed by atoms with Gasteiger partial charge in [-0.25, -0.2) is 4.79 Å². The van der Waals surface area contributed by atoms with E-state index >= 15 is 0 Å². The first-order chi connectivity index (χ1) is 6.70. The number of hydrogen-bond donors (Lipinski definition) is 1. The summed E-state index contributed by atoms with van der Waals surface area (Å²) in [7, 11) is 0. The van der Waals surface area contributed by atoms with Gasteiger partial charge in [-0.1, -0.05) is 25.1 Å². The highest BCUT2D eigenvalue weighted by Gasteiger charge is 2.30. The van der Waals surface area contributed by atoms with E-state index in [0.29, 0.717) is 17.4 Å². The standard InChI is InChI=1S/C12H14O2/c1-8(9-6-7-9)10-4-2-3-5-11(10)12(13)14/h2-5,8-9H,6-7H2,1H3,(H,13,14)/t8-/m1/s1. The van der Waals surface area contributed by atoms with Crippen molar-refractivity contribution in [2.45, 2.75) is 25.7 Å². The van der Waals surface area contributed by atoms with Crippen LogP contribution in [-0.4, -0.2) is 11.1 Å². The fraction of sp³-hybridized carbons (Fsp3) is 0.417. The first kappa shape index (κ1) is 9.25. The van der Waals surface area contributed by atoms with Gasteiger partial charge in [0.25, 0.3) is 0 Å². The maximum absolute atomic E-state index is 11.0. The SMILES string of the molecule is C[C@@H](c1ccccc1C(=O)O)C1CC1. The lowest BCUT2D eigenvalue weighted by Crippen LogP contribution is -2.06. The Bertz CT molecular complexity index is 353. The molecule has 74 valence electrons. The van der Waals surface area contributed by atoms with E-state index in [9.17, 15) is 4.79 Å². The fourth-order valence-electron chi connectivity index (χ4n) is 1.94. The Kier molecular flexibility index (Phi) is 2.28. The Balaban J connectivity index is 2.34. The predicted molar refractivity (Wildman–Crippen MR) is 54.5 cm³/mol. The third-order valence-electron chi connectivity index (χ3n) is 3.01. The monoisotopic (exact) mass is 190 g/mol. The third kappa shape index (κ3) is 1.65. The number of carboxylic acid groups (broad SMARTS) is 1. The Morgan fingerprint density at radius 1 is 1.43 bits per heavy atom. The van der Waals surface area contributed by atoms with Gasteiger partial charge in [0.2, 0.25) is 0 Å². The molecule has 1 aliphatic carbocycles. The zero-order valence-electron chi connectivity index (χ0n) is 8.23. The summed E-state index contributed by atoms with van der Waals surface area (Å²) in [5.74, 6) is 0.283. The summed E-state index contributed by atoms with van der Waals surface area (Å²) in [5.41, 5.74) is 1.45. The number of benzene rings is 1. The fourth-order valence-corrected chi connectivity index (χ4v) is 1.94. The highest BCUT2D eigenvalue weighted by Crippen LogP contribution is 2.43. The molecule has 1 atom stereocenters. The first-order valence-corrected chi connectivity index (χ1v) is 5.02. The Labute approximate surface area is 83.6 Å². The van der Waals surface area contributed by atoms with Gasteiger partial charge in [-0.05, 0) is 36.3 Å². The maximum atomic E-state index is 11.0. The largest absolute Gasteiger partial charge is 0.478 e. The van der Waals surface area contributed by atoms with Gasteiger partial charge >= 0.3 is 5.97 Å². The normalized spacial score (nSPS) is 17.8. The molecule has 0 bridgehead atoms. The minimum atomic E-state index is -0.812. The average molecular weight is 190 g/mol. The number of carbonyl (C=O) groups is 1. The van der Waals surface area contributed by atoms with Gasteiger partial charge in [-0.15, -0.1) is 0 Å². The molecule has 1 aliphatic rings. The minimum absolute atomic E-state index is 0.391. The lowest BCUT2D eigenvalue weighted by Gasteiger charge is -2.12. The molecule has 1 fully saturated rings. The van der Waals surface area contributed by atoms with E-state index in [1.54, 1.807) is 12.1 Å². The summed E-state index contributed by atoms with van der Waals surface area (Å²) in [6, 6.07) is 7.33. The number of carboxylic acids is 1. The molecule has 1 saturated carbocycles. The Morgan fingerprint density at radius 2 is 2.07 bits per heavy atom. The minimum Gasteiger partial charge on any atom is -0.478 e. The summed E-state index contributed by atoms with van der Waals surface area (Å²) in [6.45, 7) is 2.12. The van der Waals surface area contributed by atoms with Crippen molar-refractivity contribution < 1.29 is 9.90 Å². The molecule has 0 spiro atoms. The second-order valence-electron chi connectivity index (χ2n) is 4.02. The summed E-state index contributed by atoms with van der Waals surface area (Å²) < 4.78 is 0. The van der Waals surface area contributed by atoms with Crippen molar-refractivity contribution in [2.75, 3.05) is 0 Å². The van der Waals surface area contributed by atoms with E-state index in [1.807, 2.05) is 12.1 Å². The molecule has 1 N–H and O–H groups in total. The molecule has 0 amide bonds. The van der Waals surface area contributed by atoms with Gasteiger partial charge in [-0.2, -0.15) is 0 Å². The molecule has 2 heteroatoms. The van der Waals surface area contributed by atoms with E-state index in [4.69, 9.17) is 5.11 Å². The predicted octanol–water partition coefficient (Wildman–Crippen LogP) is 2.90. The highest BCUT2D eigenvalue weighted by molar-refractivity contribution is 5.89. The maximum Gasteiger partial charge on any atom is 0.335 e. The van der Waals surface area contributed by atoms with Crippen LogP contribution in [0.2, 0.25) is 0 Å². The van der Waals surface area contributed by atoms with Crippen LogP contribution in [0.1, 0.15) is 41.6 Å². The van der Waals surface area contributed by atoms with Crippen LogP contribution in [0.5, 0.6) is 0 Å². The van der Waals surface area contributed by atoms with Crippen molar-refractivity contribution in [3.8, 4) is 0 Å². The quantitative estimate of drug-likeness (QED) is 0.795. The summed E-state index contributed by atoms with van der Waals surface area (Å²) in [6.07, 6.45) is 2.49. The van der Waals surface area contributed by atoms with Crippen molar-refractivity contribution in [2.24, 2.45) is 5.92 Å². The molecule has 1 aromatic rings. The van der Waals surface area contributed by atoms with Crippen molar-refractivity contribution in [1.29, 1.82) is 0 Å². The molecular formula is C12H14O2. The lowest BCUT2D eigenvalue weighted by atomic mass is 9.92. The van der Waals surface area contributed by atoms with E-state index in [-0.39, 0.29) is 0 Å². The number of aromatic carboxylic acids is 1.